The van der Waals surface area contributed by atoms with Gasteiger partial charge in [-0.3, -0.25) is 14.4 Å². The first kappa shape index (κ1) is 20.4. The van der Waals surface area contributed by atoms with E-state index in [-0.39, 0.29) is 18.2 Å². The van der Waals surface area contributed by atoms with Crippen molar-refractivity contribution in [2.24, 2.45) is 0 Å². The van der Waals surface area contributed by atoms with Crippen molar-refractivity contribution >= 4 is 23.5 Å². The van der Waals surface area contributed by atoms with Gasteiger partial charge in [0, 0.05) is 37.2 Å². The van der Waals surface area contributed by atoms with E-state index in [1.54, 1.807) is 41.3 Å². The molecule has 1 fully saturated rings. The van der Waals surface area contributed by atoms with E-state index >= 15 is 0 Å². The zero-order chi connectivity index (χ0) is 20.6. The molecule has 2 aromatic carbocycles. The molecule has 0 radical (unpaired) electrons. The summed E-state index contributed by atoms with van der Waals surface area (Å²) in [4.78, 5) is 36.4. The second-order valence-corrected chi connectivity index (χ2v) is 6.87. The van der Waals surface area contributed by atoms with Gasteiger partial charge in [0.2, 0.25) is 5.91 Å². The molecule has 2 N–H and O–H groups in total. The van der Waals surface area contributed by atoms with Crippen LogP contribution < -0.4 is 15.0 Å². The second kappa shape index (κ2) is 9.73. The first-order valence-electron chi connectivity index (χ1n) is 9.65. The van der Waals surface area contributed by atoms with Gasteiger partial charge in [-0.2, -0.15) is 0 Å². The molecule has 1 heterocycles. The highest BCUT2D eigenvalue weighted by atomic mass is 16.5. The average molecular weight is 396 g/mol. The van der Waals surface area contributed by atoms with Crippen molar-refractivity contribution in [2.75, 3.05) is 18.1 Å². The first-order chi connectivity index (χ1) is 14.0. The maximum absolute atomic E-state index is 12.3. The SMILES string of the molecule is O=C(O)CCCOc1ccc(CNC(=O)c2ccc(N3CCCC3=O)cc2)cc1. The number of carboxylic acids is 1. The van der Waals surface area contributed by atoms with Gasteiger partial charge >= 0.3 is 5.97 Å². The smallest absolute Gasteiger partial charge is 0.303 e. The van der Waals surface area contributed by atoms with Crippen LogP contribution in [-0.4, -0.2) is 36.0 Å². The van der Waals surface area contributed by atoms with E-state index < -0.39 is 5.97 Å². The molecule has 29 heavy (non-hydrogen) atoms. The molecule has 152 valence electrons. The Kier molecular flexibility index (Phi) is 6.84. The summed E-state index contributed by atoms with van der Waals surface area (Å²) in [5.41, 5.74) is 2.29. The van der Waals surface area contributed by atoms with Gasteiger partial charge in [0.15, 0.2) is 0 Å². The molecular weight excluding hydrogens is 372 g/mol. The zero-order valence-corrected chi connectivity index (χ0v) is 16.1. The number of carboxylic acid groups (broad SMARTS) is 1. The molecule has 0 aromatic heterocycles. The van der Waals surface area contributed by atoms with Crippen LogP contribution >= 0.6 is 0 Å². The third kappa shape index (κ3) is 5.81. The Bertz CT molecular complexity index is 862. The molecule has 2 amide bonds. The minimum absolute atomic E-state index is 0.0828. The van der Waals surface area contributed by atoms with Crippen LogP contribution in [0.15, 0.2) is 48.5 Å². The first-order valence-corrected chi connectivity index (χ1v) is 9.65. The van der Waals surface area contributed by atoms with Gasteiger partial charge in [0.25, 0.3) is 5.91 Å². The summed E-state index contributed by atoms with van der Waals surface area (Å²) in [6.45, 7) is 1.45. The Hall–Kier alpha value is -3.35. The quantitative estimate of drug-likeness (QED) is 0.635. The van der Waals surface area contributed by atoms with E-state index in [1.807, 2.05) is 12.1 Å². The molecule has 0 atom stereocenters. The summed E-state index contributed by atoms with van der Waals surface area (Å²) < 4.78 is 5.49. The van der Waals surface area contributed by atoms with Gasteiger partial charge in [-0.25, -0.2) is 0 Å². The summed E-state index contributed by atoms with van der Waals surface area (Å²) in [5.74, 6) is -0.230. The van der Waals surface area contributed by atoms with Gasteiger partial charge < -0.3 is 20.1 Å². The van der Waals surface area contributed by atoms with Crippen LogP contribution in [0.2, 0.25) is 0 Å². The van der Waals surface area contributed by atoms with Crippen LogP contribution in [0.25, 0.3) is 0 Å². The molecule has 0 spiro atoms. The van der Waals surface area contributed by atoms with Crippen molar-refractivity contribution in [1.29, 1.82) is 0 Å². The van der Waals surface area contributed by atoms with E-state index in [4.69, 9.17) is 9.84 Å². The van der Waals surface area contributed by atoms with Crippen LogP contribution in [0.3, 0.4) is 0 Å². The number of rotatable bonds is 9. The number of hydrogen-bond donors (Lipinski definition) is 2. The number of amides is 2. The van der Waals surface area contributed by atoms with E-state index in [1.165, 1.54) is 0 Å². The predicted octanol–water partition coefficient (Wildman–Crippen LogP) is 2.99. The lowest BCUT2D eigenvalue weighted by molar-refractivity contribution is -0.137. The summed E-state index contributed by atoms with van der Waals surface area (Å²) in [6.07, 6.45) is 1.99. The van der Waals surface area contributed by atoms with Crippen molar-refractivity contribution in [3.05, 3.63) is 59.7 Å². The van der Waals surface area contributed by atoms with E-state index in [0.29, 0.717) is 37.3 Å². The number of carbonyl (C=O) groups excluding carboxylic acids is 2. The van der Waals surface area contributed by atoms with Crippen LogP contribution in [-0.2, 0) is 16.1 Å². The lowest BCUT2D eigenvalue weighted by atomic mass is 10.1. The highest BCUT2D eigenvalue weighted by molar-refractivity contribution is 5.97. The van der Waals surface area contributed by atoms with Crippen molar-refractivity contribution in [3.8, 4) is 5.75 Å². The fraction of sp³-hybridized carbons (Fsp3) is 0.318. The minimum Gasteiger partial charge on any atom is -0.494 e. The number of anilines is 1. The third-order valence-corrected chi connectivity index (χ3v) is 4.69. The molecule has 1 aliphatic rings. The predicted molar refractivity (Wildman–Crippen MR) is 108 cm³/mol. The Labute approximate surface area is 169 Å². The number of ether oxygens (including phenoxy) is 1. The van der Waals surface area contributed by atoms with Crippen molar-refractivity contribution in [3.63, 3.8) is 0 Å². The van der Waals surface area contributed by atoms with Crippen LogP contribution in [0.1, 0.15) is 41.6 Å². The molecule has 0 bridgehead atoms. The van der Waals surface area contributed by atoms with E-state index in [0.717, 1.165) is 24.2 Å². The standard InChI is InChI=1S/C22H24N2O5/c25-20-3-1-13-24(20)18-9-7-17(8-10-18)22(28)23-15-16-5-11-19(12-6-16)29-14-2-4-21(26)27/h5-12H,1-4,13-15H2,(H,23,28)(H,26,27). The van der Waals surface area contributed by atoms with Crippen molar-refractivity contribution in [2.45, 2.75) is 32.2 Å². The fourth-order valence-electron chi connectivity index (χ4n) is 3.12. The van der Waals surface area contributed by atoms with Gasteiger partial charge in [0.1, 0.15) is 5.75 Å². The van der Waals surface area contributed by atoms with Gasteiger partial charge in [-0.15, -0.1) is 0 Å². The van der Waals surface area contributed by atoms with Gasteiger partial charge in [-0.1, -0.05) is 12.1 Å². The third-order valence-electron chi connectivity index (χ3n) is 4.69. The Morgan fingerprint density at radius 2 is 1.79 bits per heavy atom. The van der Waals surface area contributed by atoms with Gasteiger partial charge in [0.05, 0.1) is 6.61 Å². The Morgan fingerprint density at radius 3 is 2.41 bits per heavy atom. The molecule has 1 saturated heterocycles. The maximum Gasteiger partial charge on any atom is 0.303 e. The summed E-state index contributed by atoms with van der Waals surface area (Å²) in [6, 6.07) is 14.4. The fourth-order valence-corrected chi connectivity index (χ4v) is 3.12. The lowest BCUT2D eigenvalue weighted by Gasteiger charge is -2.15. The Balaban J connectivity index is 1.46. The largest absolute Gasteiger partial charge is 0.494 e. The van der Waals surface area contributed by atoms with E-state index in [9.17, 15) is 14.4 Å². The highest BCUT2D eigenvalue weighted by Gasteiger charge is 2.21. The summed E-state index contributed by atoms with van der Waals surface area (Å²) >= 11 is 0. The molecule has 3 rings (SSSR count). The molecular formula is C22H24N2O5. The number of benzene rings is 2. The minimum atomic E-state index is -0.834. The average Bonchev–Trinajstić information content (AvgIpc) is 3.16. The van der Waals surface area contributed by atoms with Crippen LogP contribution in [0.5, 0.6) is 5.75 Å². The lowest BCUT2D eigenvalue weighted by Crippen LogP contribution is -2.24. The molecule has 1 aliphatic heterocycles. The van der Waals surface area contributed by atoms with E-state index in [2.05, 4.69) is 5.32 Å². The molecule has 0 aliphatic carbocycles. The monoisotopic (exact) mass is 396 g/mol. The molecule has 0 saturated carbocycles. The van der Waals surface area contributed by atoms with Gasteiger partial charge in [-0.05, 0) is 54.8 Å². The number of aliphatic carboxylic acids is 1. The summed E-state index contributed by atoms with van der Waals surface area (Å²) in [5, 5.41) is 11.5. The number of hydrogen-bond acceptors (Lipinski definition) is 4. The van der Waals surface area contributed by atoms with Crippen molar-refractivity contribution in [1.82, 2.24) is 5.32 Å². The molecule has 2 aromatic rings. The summed E-state index contributed by atoms with van der Waals surface area (Å²) in [7, 11) is 0. The number of nitrogens with one attached hydrogen (secondary N) is 1. The molecule has 0 unspecified atom stereocenters. The topological polar surface area (TPSA) is 95.9 Å². The van der Waals surface area contributed by atoms with Crippen LogP contribution in [0, 0.1) is 0 Å². The molecule has 7 nitrogen and oxygen atoms in total. The van der Waals surface area contributed by atoms with Crippen LogP contribution in [0.4, 0.5) is 5.69 Å². The zero-order valence-electron chi connectivity index (χ0n) is 16.1. The maximum atomic E-state index is 12.3. The number of nitrogens with zero attached hydrogens (tertiary/aromatic N) is 1. The normalized spacial score (nSPS) is 13.4. The van der Waals surface area contributed by atoms with Crippen molar-refractivity contribution < 1.29 is 24.2 Å². The second-order valence-electron chi connectivity index (χ2n) is 6.87. The molecule has 7 heteroatoms. The Morgan fingerprint density at radius 1 is 1.07 bits per heavy atom. The number of carbonyl (C=O) groups is 3. The highest BCUT2D eigenvalue weighted by Crippen LogP contribution is 2.21.